The molecular formula is C16H13Cl2N3S. The molecule has 0 aromatic heterocycles. The average molecular weight is 350 g/mol. The first-order valence-electron chi connectivity index (χ1n) is 6.57. The lowest BCUT2D eigenvalue weighted by atomic mass is 10.1. The number of nitriles is 1. The SMILES string of the molecule is N#Cc1cccc(NC(=S)NCCc2ccc(Cl)c(Cl)c2)c1. The molecule has 0 fully saturated rings. The van der Waals surface area contributed by atoms with E-state index < -0.39 is 0 Å². The molecule has 0 heterocycles. The molecule has 0 aliphatic carbocycles. The molecule has 3 nitrogen and oxygen atoms in total. The third kappa shape index (κ3) is 4.88. The molecule has 0 atom stereocenters. The van der Waals surface area contributed by atoms with Gasteiger partial charge in [0.15, 0.2) is 5.11 Å². The number of thiocarbonyl (C=S) groups is 1. The number of hydrogen-bond acceptors (Lipinski definition) is 2. The summed E-state index contributed by atoms with van der Waals surface area (Å²) in [5.74, 6) is 0. The molecular weight excluding hydrogens is 337 g/mol. The van der Waals surface area contributed by atoms with Crippen molar-refractivity contribution < 1.29 is 0 Å². The maximum absolute atomic E-state index is 8.86. The molecule has 0 unspecified atom stereocenters. The number of rotatable bonds is 4. The summed E-state index contributed by atoms with van der Waals surface area (Å²) >= 11 is 17.1. The topological polar surface area (TPSA) is 47.9 Å². The number of benzene rings is 2. The molecule has 2 aromatic carbocycles. The molecule has 6 heteroatoms. The second-order valence-electron chi connectivity index (χ2n) is 4.57. The molecule has 0 saturated heterocycles. The number of nitrogens with one attached hydrogen (secondary N) is 2. The molecule has 112 valence electrons. The smallest absolute Gasteiger partial charge is 0.170 e. The van der Waals surface area contributed by atoms with Crippen molar-refractivity contribution in [2.24, 2.45) is 0 Å². The first-order chi connectivity index (χ1) is 10.6. The van der Waals surface area contributed by atoms with Crippen LogP contribution in [0.4, 0.5) is 5.69 Å². The van der Waals surface area contributed by atoms with Crippen LogP contribution in [0.1, 0.15) is 11.1 Å². The molecule has 0 bridgehead atoms. The minimum atomic E-state index is 0.509. The Bertz CT molecular complexity index is 726. The van der Waals surface area contributed by atoms with E-state index in [-0.39, 0.29) is 0 Å². The zero-order chi connectivity index (χ0) is 15.9. The molecule has 2 aromatic rings. The summed E-state index contributed by atoms with van der Waals surface area (Å²) in [5.41, 5.74) is 2.45. The Morgan fingerprint density at radius 2 is 1.95 bits per heavy atom. The highest BCUT2D eigenvalue weighted by Crippen LogP contribution is 2.22. The first-order valence-corrected chi connectivity index (χ1v) is 7.74. The van der Waals surface area contributed by atoms with Crippen LogP contribution in [-0.2, 0) is 6.42 Å². The van der Waals surface area contributed by atoms with Crippen LogP contribution in [0, 0.1) is 11.3 Å². The molecule has 0 radical (unpaired) electrons. The van der Waals surface area contributed by atoms with E-state index >= 15 is 0 Å². The maximum Gasteiger partial charge on any atom is 0.170 e. The van der Waals surface area contributed by atoms with Gasteiger partial charge in [0.1, 0.15) is 0 Å². The molecule has 0 aliphatic heterocycles. The number of hydrogen-bond donors (Lipinski definition) is 2. The van der Waals surface area contributed by atoms with Crippen molar-refractivity contribution >= 4 is 46.2 Å². The highest BCUT2D eigenvalue weighted by atomic mass is 35.5. The van der Waals surface area contributed by atoms with Crippen LogP contribution in [0.15, 0.2) is 42.5 Å². The van der Waals surface area contributed by atoms with Gasteiger partial charge in [-0.15, -0.1) is 0 Å². The standard InChI is InChI=1S/C16H13Cl2N3S/c17-14-5-4-11(9-15(14)18)6-7-20-16(22)21-13-3-1-2-12(8-13)10-19/h1-5,8-9H,6-7H2,(H2,20,21,22). The Hall–Kier alpha value is -1.80. The summed E-state index contributed by atoms with van der Waals surface area (Å²) < 4.78 is 0. The highest BCUT2D eigenvalue weighted by molar-refractivity contribution is 7.80. The van der Waals surface area contributed by atoms with Crippen molar-refractivity contribution in [3.8, 4) is 6.07 Å². The number of anilines is 1. The van der Waals surface area contributed by atoms with Crippen LogP contribution in [0.2, 0.25) is 10.0 Å². The van der Waals surface area contributed by atoms with Gasteiger partial charge in [0.2, 0.25) is 0 Å². The van der Waals surface area contributed by atoms with Gasteiger partial charge in [-0.3, -0.25) is 0 Å². The molecule has 0 spiro atoms. The zero-order valence-electron chi connectivity index (χ0n) is 11.6. The Morgan fingerprint density at radius 3 is 2.68 bits per heavy atom. The summed E-state index contributed by atoms with van der Waals surface area (Å²) in [4.78, 5) is 0. The molecule has 2 N–H and O–H groups in total. The largest absolute Gasteiger partial charge is 0.362 e. The normalized spacial score (nSPS) is 9.86. The van der Waals surface area contributed by atoms with Crippen molar-refractivity contribution in [1.29, 1.82) is 5.26 Å². The van der Waals surface area contributed by atoms with Gasteiger partial charge >= 0.3 is 0 Å². The fourth-order valence-electron chi connectivity index (χ4n) is 1.86. The van der Waals surface area contributed by atoms with Gasteiger partial charge in [-0.25, -0.2) is 0 Å². The fourth-order valence-corrected chi connectivity index (χ4v) is 2.40. The quantitative estimate of drug-likeness (QED) is 0.803. The van der Waals surface area contributed by atoms with Crippen LogP contribution < -0.4 is 10.6 Å². The predicted octanol–water partition coefficient (Wildman–Crippen LogP) is 4.39. The van der Waals surface area contributed by atoms with E-state index in [1.165, 1.54) is 0 Å². The monoisotopic (exact) mass is 349 g/mol. The van der Waals surface area contributed by atoms with Crippen LogP contribution >= 0.6 is 35.4 Å². The second-order valence-corrected chi connectivity index (χ2v) is 5.79. The summed E-state index contributed by atoms with van der Waals surface area (Å²) in [6, 6.07) is 14.8. The molecule has 0 amide bonds. The van der Waals surface area contributed by atoms with E-state index in [4.69, 9.17) is 40.7 Å². The van der Waals surface area contributed by atoms with Crippen molar-refractivity contribution in [3.63, 3.8) is 0 Å². The van der Waals surface area contributed by atoms with Gasteiger partial charge in [0.05, 0.1) is 21.7 Å². The Morgan fingerprint density at radius 1 is 1.14 bits per heavy atom. The van der Waals surface area contributed by atoms with Crippen molar-refractivity contribution in [3.05, 3.63) is 63.6 Å². The van der Waals surface area contributed by atoms with E-state index in [1.54, 1.807) is 24.3 Å². The zero-order valence-corrected chi connectivity index (χ0v) is 13.9. The predicted molar refractivity (Wildman–Crippen MR) is 95.5 cm³/mol. The second kappa shape index (κ2) is 8.00. The van der Waals surface area contributed by atoms with Crippen LogP contribution in [0.5, 0.6) is 0 Å². The van der Waals surface area contributed by atoms with Gasteiger partial charge in [-0.1, -0.05) is 35.3 Å². The summed E-state index contributed by atoms with van der Waals surface area (Å²) in [5, 5.41) is 16.6. The summed E-state index contributed by atoms with van der Waals surface area (Å²) in [6.07, 6.45) is 0.775. The average Bonchev–Trinajstić information content (AvgIpc) is 2.51. The Balaban J connectivity index is 1.82. The van der Waals surface area contributed by atoms with Crippen molar-refractivity contribution in [1.82, 2.24) is 5.32 Å². The summed E-state index contributed by atoms with van der Waals surface area (Å²) in [6.45, 7) is 0.668. The lowest BCUT2D eigenvalue weighted by Gasteiger charge is -2.11. The molecule has 0 saturated carbocycles. The van der Waals surface area contributed by atoms with Crippen LogP contribution in [-0.4, -0.2) is 11.7 Å². The van der Waals surface area contributed by atoms with Gasteiger partial charge in [0.25, 0.3) is 0 Å². The highest BCUT2D eigenvalue weighted by Gasteiger charge is 2.01. The lowest BCUT2D eigenvalue weighted by Crippen LogP contribution is -2.30. The van der Waals surface area contributed by atoms with Gasteiger partial charge in [0, 0.05) is 12.2 Å². The van der Waals surface area contributed by atoms with E-state index in [2.05, 4.69) is 16.7 Å². The molecule has 22 heavy (non-hydrogen) atoms. The van der Waals surface area contributed by atoms with E-state index in [9.17, 15) is 0 Å². The third-order valence-corrected chi connectivity index (χ3v) is 3.92. The maximum atomic E-state index is 8.86. The Labute approximate surface area is 144 Å². The van der Waals surface area contributed by atoms with Gasteiger partial charge in [-0.2, -0.15) is 5.26 Å². The van der Waals surface area contributed by atoms with Crippen LogP contribution in [0.25, 0.3) is 0 Å². The van der Waals surface area contributed by atoms with E-state index in [0.29, 0.717) is 27.3 Å². The molecule has 0 aliphatic rings. The molecule has 2 rings (SSSR count). The Kier molecular flexibility index (Phi) is 6.02. The first kappa shape index (κ1) is 16.6. The number of halogens is 2. The van der Waals surface area contributed by atoms with Gasteiger partial charge < -0.3 is 10.6 Å². The van der Waals surface area contributed by atoms with Crippen molar-refractivity contribution in [2.75, 3.05) is 11.9 Å². The van der Waals surface area contributed by atoms with E-state index in [1.807, 2.05) is 18.2 Å². The van der Waals surface area contributed by atoms with Gasteiger partial charge in [-0.05, 0) is 54.5 Å². The lowest BCUT2D eigenvalue weighted by molar-refractivity contribution is 0.873. The summed E-state index contributed by atoms with van der Waals surface area (Å²) in [7, 11) is 0. The van der Waals surface area contributed by atoms with Crippen LogP contribution in [0.3, 0.4) is 0 Å². The minimum Gasteiger partial charge on any atom is -0.362 e. The third-order valence-electron chi connectivity index (χ3n) is 2.93. The fraction of sp³-hybridized carbons (Fsp3) is 0.125. The number of nitrogens with zero attached hydrogens (tertiary/aromatic N) is 1. The van der Waals surface area contributed by atoms with E-state index in [0.717, 1.165) is 17.7 Å². The minimum absolute atomic E-state index is 0.509. The van der Waals surface area contributed by atoms with Crippen molar-refractivity contribution in [2.45, 2.75) is 6.42 Å².